The molecule has 0 spiro atoms. The van der Waals surface area contributed by atoms with Gasteiger partial charge in [-0.1, -0.05) is 6.07 Å². The molecule has 0 unspecified atom stereocenters. The van der Waals surface area contributed by atoms with Gasteiger partial charge in [-0.25, -0.2) is 4.79 Å². The van der Waals surface area contributed by atoms with Gasteiger partial charge in [0.05, 0.1) is 6.61 Å². The quantitative estimate of drug-likeness (QED) is 0.617. The minimum atomic E-state index is -0.323. The van der Waals surface area contributed by atoms with Crippen LogP contribution in [0.2, 0.25) is 0 Å². The molecule has 2 nitrogen and oxygen atoms in total. The van der Waals surface area contributed by atoms with Crippen molar-refractivity contribution in [1.29, 1.82) is 0 Å². The number of thiophene rings is 1. The second-order valence-corrected chi connectivity index (χ2v) is 4.06. The van der Waals surface area contributed by atoms with Gasteiger partial charge in [-0.05, 0) is 40.4 Å². The molecule has 0 saturated heterocycles. The third-order valence-corrected chi connectivity index (χ3v) is 2.65. The van der Waals surface area contributed by atoms with Gasteiger partial charge < -0.3 is 4.74 Å². The summed E-state index contributed by atoms with van der Waals surface area (Å²) in [4.78, 5) is 12.2. The normalized spacial score (nSPS) is 11.4. The van der Waals surface area contributed by atoms with Crippen LogP contribution in [0.25, 0.3) is 6.08 Å². The number of hydrogen-bond acceptors (Lipinski definition) is 3. The summed E-state index contributed by atoms with van der Waals surface area (Å²) in [5, 5.41) is 1.96. The SMILES string of the molecule is CCOC(=O)/C(Br)=C/c1cccs1. The van der Waals surface area contributed by atoms with E-state index in [1.54, 1.807) is 24.3 Å². The second kappa shape index (κ2) is 5.19. The molecule has 0 atom stereocenters. The predicted molar refractivity (Wildman–Crippen MR) is 57.9 cm³/mol. The van der Waals surface area contributed by atoms with Crippen molar-refractivity contribution >= 4 is 39.3 Å². The molecule has 0 saturated carbocycles. The number of halogens is 1. The highest BCUT2D eigenvalue weighted by Gasteiger charge is 2.06. The molecule has 1 aromatic rings. The van der Waals surface area contributed by atoms with Crippen LogP contribution in [0, 0.1) is 0 Å². The molecule has 0 aliphatic carbocycles. The zero-order valence-electron chi connectivity index (χ0n) is 7.12. The molecule has 0 aliphatic heterocycles. The Hall–Kier alpha value is -0.610. The minimum Gasteiger partial charge on any atom is -0.462 e. The largest absolute Gasteiger partial charge is 0.462 e. The lowest BCUT2D eigenvalue weighted by molar-refractivity contribution is -0.137. The van der Waals surface area contributed by atoms with E-state index in [-0.39, 0.29) is 5.97 Å². The van der Waals surface area contributed by atoms with Gasteiger partial charge >= 0.3 is 5.97 Å². The molecule has 1 rings (SSSR count). The molecule has 70 valence electrons. The first kappa shape index (κ1) is 10.5. The summed E-state index contributed by atoms with van der Waals surface area (Å²) < 4.78 is 5.26. The number of carbonyl (C=O) groups excluding carboxylic acids is 1. The second-order valence-electron chi connectivity index (χ2n) is 2.23. The van der Waals surface area contributed by atoms with Gasteiger partial charge in [0, 0.05) is 4.88 Å². The van der Waals surface area contributed by atoms with E-state index in [1.165, 1.54) is 0 Å². The Labute approximate surface area is 89.3 Å². The molecule has 0 aliphatic rings. The highest BCUT2D eigenvalue weighted by molar-refractivity contribution is 9.12. The van der Waals surface area contributed by atoms with Crippen LogP contribution in [0.1, 0.15) is 11.8 Å². The molecule has 0 aromatic carbocycles. The number of carbonyl (C=O) groups is 1. The van der Waals surface area contributed by atoms with Crippen LogP contribution < -0.4 is 0 Å². The first-order chi connectivity index (χ1) is 6.24. The zero-order valence-corrected chi connectivity index (χ0v) is 9.52. The maximum absolute atomic E-state index is 11.1. The predicted octanol–water partition coefficient (Wildman–Crippen LogP) is 3.05. The van der Waals surface area contributed by atoms with Crippen LogP contribution in [0.3, 0.4) is 0 Å². The van der Waals surface area contributed by atoms with E-state index in [9.17, 15) is 4.79 Å². The number of ether oxygens (including phenoxy) is 1. The van der Waals surface area contributed by atoms with Gasteiger partial charge in [-0.2, -0.15) is 0 Å². The smallest absolute Gasteiger partial charge is 0.345 e. The van der Waals surface area contributed by atoms with Gasteiger partial charge in [0.25, 0.3) is 0 Å². The summed E-state index contributed by atoms with van der Waals surface area (Å²) in [6, 6.07) is 3.87. The van der Waals surface area contributed by atoms with Gasteiger partial charge in [-0.15, -0.1) is 11.3 Å². The molecular weight excluding hydrogens is 252 g/mol. The molecule has 0 radical (unpaired) electrons. The highest BCUT2D eigenvalue weighted by atomic mass is 79.9. The first-order valence-electron chi connectivity index (χ1n) is 3.82. The third kappa shape index (κ3) is 3.32. The van der Waals surface area contributed by atoms with Crippen LogP contribution in [0.5, 0.6) is 0 Å². The first-order valence-corrected chi connectivity index (χ1v) is 5.49. The molecule has 0 N–H and O–H groups in total. The van der Waals surface area contributed by atoms with E-state index in [2.05, 4.69) is 15.9 Å². The Kier molecular flexibility index (Phi) is 4.18. The minimum absolute atomic E-state index is 0.323. The van der Waals surface area contributed by atoms with Crippen molar-refractivity contribution in [2.24, 2.45) is 0 Å². The van der Waals surface area contributed by atoms with E-state index >= 15 is 0 Å². The van der Waals surface area contributed by atoms with Crippen LogP contribution in [-0.4, -0.2) is 12.6 Å². The summed E-state index contributed by atoms with van der Waals surface area (Å²) in [5.74, 6) is -0.323. The molecular formula is C9H9BrO2S. The van der Waals surface area contributed by atoms with Crippen molar-refractivity contribution in [2.75, 3.05) is 6.61 Å². The summed E-state index contributed by atoms with van der Waals surface area (Å²) >= 11 is 4.73. The Balaban J connectivity index is 2.66. The lowest BCUT2D eigenvalue weighted by atomic mass is 10.4. The van der Waals surface area contributed by atoms with Crippen molar-refractivity contribution in [3.63, 3.8) is 0 Å². The lowest BCUT2D eigenvalue weighted by Crippen LogP contribution is -2.02. The molecule has 0 fully saturated rings. The maximum atomic E-state index is 11.1. The van der Waals surface area contributed by atoms with E-state index in [4.69, 9.17) is 4.74 Å². The highest BCUT2D eigenvalue weighted by Crippen LogP contribution is 2.17. The summed E-state index contributed by atoms with van der Waals surface area (Å²) in [7, 11) is 0. The van der Waals surface area contributed by atoms with Gasteiger partial charge in [0.2, 0.25) is 0 Å². The summed E-state index contributed by atoms with van der Waals surface area (Å²) in [6.45, 7) is 2.18. The van der Waals surface area contributed by atoms with E-state index in [0.29, 0.717) is 11.1 Å². The van der Waals surface area contributed by atoms with Crippen molar-refractivity contribution < 1.29 is 9.53 Å². The Morgan fingerprint density at radius 2 is 2.54 bits per heavy atom. The number of hydrogen-bond donors (Lipinski definition) is 0. The van der Waals surface area contributed by atoms with Crippen LogP contribution >= 0.6 is 27.3 Å². The standard InChI is InChI=1S/C9H9BrO2S/c1-2-12-9(11)8(10)6-7-4-3-5-13-7/h3-6H,2H2,1H3/b8-6-. The molecule has 1 heterocycles. The van der Waals surface area contributed by atoms with Crippen LogP contribution in [0.4, 0.5) is 0 Å². The molecule has 4 heteroatoms. The fourth-order valence-electron chi connectivity index (χ4n) is 0.757. The van der Waals surface area contributed by atoms with Gasteiger partial charge in [0.1, 0.15) is 4.48 Å². The third-order valence-electron chi connectivity index (χ3n) is 1.28. The molecule has 13 heavy (non-hydrogen) atoms. The van der Waals surface area contributed by atoms with Crippen molar-refractivity contribution in [3.05, 3.63) is 26.9 Å². The van der Waals surface area contributed by atoms with E-state index in [1.807, 2.05) is 17.5 Å². The van der Waals surface area contributed by atoms with E-state index < -0.39 is 0 Å². The maximum Gasteiger partial charge on any atom is 0.345 e. The Bertz CT molecular complexity index is 303. The van der Waals surface area contributed by atoms with Gasteiger partial charge in [-0.3, -0.25) is 0 Å². The monoisotopic (exact) mass is 260 g/mol. The van der Waals surface area contributed by atoms with Gasteiger partial charge in [0.15, 0.2) is 0 Å². The van der Waals surface area contributed by atoms with Crippen molar-refractivity contribution in [3.8, 4) is 0 Å². The summed E-state index contributed by atoms with van der Waals surface area (Å²) in [6.07, 6.45) is 1.75. The molecule has 0 amide bonds. The zero-order chi connectivity index (χ0) is 9.68. The van der Waals surface area contributed by atoms with Crippen molar-refractivity contribution in [1.82, 2.24) is 0 Å². The van der Waals surface area contributed by atoms with Crippen molar-refractivity contribution in [2.45, 2.75) is 6.92 Å². The lowest BCUT2D eigenvalue weighted by Gasteiger charge is -1.98. The average molecular weight is 261 g/mol. The topological polar surface area (TPSA) is 26.3 Å². The number of esters is 1. The van der Waals surface area contributed by atoms with Crippen LogP contribution in [-0.2, 0) is 9.53 Å². The van der Waals surface area contributed by atoms with E-state index in [0.717, 1.165) is 4.88 Å². The summed E-state index contributed by atoms with van der Waals surface area (Å²) in [5.41, 5.74) is 0. The molecule has 0 bridgehead atoms. The van der Waals surface area contributed by atoms with Crippen LogP contribution in [0.15, 0.2) is 22.0 Å². The fraction of sp³-hybridized carbons (Fsp3) is 0.222. The average Bonchev–Trinajstić information content (AvgIpc) is 2.57. The Morgan fingerprint density at radius 3 is 3.08 bits per heavy atom. The fourth-order valence-corrected chi connectivity index (χ4v) is 1.93. The molecule has 1 aromatic heterocycles. The Morgan fingerprint density at radius 1 is 1.77 bits per heavy atom. The number of rotatable bonds is 3.